The molecule has 156 valence electrons. The minimum Gasteiger partial charge on any atom is -0.347 e. The fourth-order valence-electron chi connectivity index (χ4n) is 5.21. The van der Waals surface area contributed by atoms with E-state index in [9.17, 15) is 4.79 Å². The maximum absolute atomic E-state index is 13.7. The summed E-state index contributed by atoms with van der Waals surface area (Å²) in [6.45, 7) is 1.16. The van der Waals surface area contributed by atoms with E-state index in [1.807, 2.05) is 47.4 Å². The molecule has 0 aromatic heterocycles. The third-order valence-corrected chi connectivity index (χ3v) is 6.58. The number of morpholine rings is 3. The van der Waals surface area contributed by atoms with Gasteiger partial charge in [-0.15, -0.1) is 0 Å². The third kappa shape index (κ3) is 3.08. The molecular weight excluding hydrogens is 388 g/mol. The molecular formula is C26H24N2O3. The van der Waals surface area contributed by atoms with E-state index in [0.717, 1.165) is 17.7 Å². The van der Waals surface area contributed by atoms with Crippen LogP contribution in [0.25, 0.3) is 0 Å². The Labute approximate surface area is 181 Å². The van der Waals surface area contributed by atoms with Gasteiger partial charge in [-0.25, -0.2) is 0 Å². The molecule has 1 amide bonds. The zero-order valence-corrected chi connectivity index (χ0v) is 17.1. The van der Waals surface area contributed by atoms with Gasteiger partial charge in [0.2, 0.25) is 0 Å². The van der Waals surface area contributed by atoms with Gasteiger partial charge >= 0.3 is 0 Å². The quantitative estimate of drug-likeness (QED) is 0.652. The fraction of sp³-hybridized carbons (Fsp3) is 0.269. The van der Waals surface area contributed by atoms with Gasteiger partial charge in [-0.1, -0.05) is 91.0 Å². The van der Waals surface area contributed by atoms with Gasteiger partial charge in [0, 0.05) is 6.54 Å². The Balaban J connectivity index is 1.44. The third-order valence-electron chi connectivity index (χ3n) is 6.58. The highest BCUT2D eigenvalue weighted by molar-refractivity contribution is 5.85. The molecule has 4 fully saturated rings. The molecule has 0 saturated carbocycles. The minimum atomic E-state index is -0.590. The van der Waals surface area contributed by atoms with Crippen molar-refractivity contribution in [1.29, 1.82) is 0 Å². The van der Waals surface area contributed by atoms with Crippen molar-refractivity contribution in [2.75, 3.05) is 6.61 Å². The number of fused-ring (bicyclic) bond motifs is 1. The fourth-order valence-corrected chi connectivity index (χ4v) is 5.21. The highest BCUT2D eigenvalue weighted by atomic mass is 16.7. The molecule has 4 bridgehead atoms. The molecule has 31 heavy (non-hydrogen) atoms. The topological polar surface area (TPSA) is 42.0 Å². The van der Waals surface area contributed by atoms with Crippen LogP contribution in [-0.2, 0) is 20.8 Å². The number of ether oxygens (including phenoxy) is 2. The van der Waals surface area contributed by atoms with E-state index in [4.69, 9.17) is 9.47 Å². The molecule has 0 aliphatic carbocycles. The Hall–Kier alpha value is -2.99. The molecule has 0 radical (unpaired) electrons. The number of rotatable bonds is 4. The van der Waals surface area contributed by atoms with E-state index in [0.29, 0.717) is 6.61 Å². The molecule has 4 saturated heterocycles. The zero-order valence-electron chi connectivity index (χ0n) is 17.1. The summed E-state index contributed by atoms with van der Waals surface area (Å²) < 4.78 is 12.4. The average Bonchev–Trinajstić information content (AvgIpc) is 2.83. The molecule has 5 heteroatoms. The van der Waals surface area contributed by atoms with Crippen LogP contribution in [0.4, 0.5) is 0 Å². The van der Waals surface area contributed by atoms with Crippen LogP contribution in [0.5, 0.6) is 0 Å². The number of hydrogen-bond acceptors (Lipinski definition) is 4. The molecule has 3 aromatic carbocycles. The first kappa shape index (κ1) is 18.8. The normalized spacial score (nSPS) is 29.9. The maximum Gasteiger partial charge on any atom is 0.255 e. The number of benzene rings is 3. The van der Waals surface area contributed by atoms with Gasteiger partial charge in [-0.05, 0) is 16.7 Å². The maximum atomic E-state index is 13.7. The van der Waals surface area contributed by atoms with Gasteiger partial charge in [0.25, 0.3) is 5.91 Å². The van der Waals surface area contributed by atoms with Crippen molar-refractivity contribution in [2.45, 2.75) is 37.2 Å². The van der Waals surface area contributed by atoms with Gasteiger partial charge in [-0.2, -0.15) is 0 Å². The molecule has 5 nitrogen and oxygen atoms in total. The zero-order chi connectivity index (χ0) is 20.8. The Morgan fingerprint density at radius 1 is 0.806 bits per heavy atom. The summed E-state index contributed by atoms with van der Waals surface area (Å²) >= 11 is 0. The van der Waals surface area contributed by atoms with Gasteiger partial charge in [0.05, 0.1) is 18.7 Å². The summed E-state index contributed by atoms with van der Waals surface area (Å²) in [6, 6.07) is 30.5. The summed E-state index contributed by atoms with van der Waals surface area (Å²) in [5.74, 6) is 0.0524. The van der Waals surface area contributed by atoms with Crippen molar-refractivity contribution in [1.82, 2.24) is 9.80 Å². The second kappa shape index (κ2) is 7.61. The van der Waals surface area contributed by atoms with E-state index in [1.165, 1.54) is 5.56 Å². The van der Waals surface area contributed by atoms with Crippen LogP contribution >= 0.6 is 0 Å². The largest absolute Gasteiger partial charge is 0.347 e. The molecule has 4 aliphatic heterocycles. The number of amides is 1. The lowest BCUT2D eigenvalue weighted by Gasteiger charge is -2.62. The highest BCUT2D eigenvalue weighted by Gasteiger charge is 2.61. The van der Waals surface area contributed by atoms with Crippen LogP contribution in [0.1, 0.15) is 28.8 Å². The summed E-state index contributed by atoms with van der Waals surface area (Å²) in [4.78, 5) is 18.1. The van der Waals surface area contributed by atoms with Crippen molar-refractivity contribution >= 4 is 5.91 Å². The Bertz CT molecular complexity index is 1060. The molecule has 7 rings (SSSR count). The first-order valence-electron chi connectivity index (χ1n) is 10.8. The van der Waals surface area contributed by atoms with Crippen molar-refractivity contribution in [3.05, 3.63) is 108 Å². The SMILES string of the molecule is O=C1[C@H]2O[C@H]3OC[C@@H](c4ccccc4)N1C3N(Cc1ccccc1)[C@@H]2c1ccccc1. The summed E-state index contributed by atoms with van der Waals surface area (Å²) in [7, 11) is 0. The van der Waals surface area contributed by atoms with Crippen LogP contribution in [0.3, 0.4) is 0 Å². The lowest BCUT2D eigenvalue weighted by molar-refractivity contribution is -0.339. The van der Waals surface area contributed by atoms with E-state index in [-0.39, 0.29) is 24.2 Å². The first-order chi connectivity index (χ1) is 15.3. The van der Waals surface area contributed by atoms with E-state index in [1.54, 1.807) is 0 Å². The van der Waals surface area contributed by atoms with Gasteiger partial charge < -0.3 is 14.4 Å². The van der Waals surface area contributed by atoms with E-state index >= 15 is 0 Å². The average molecular weight is 412 g/mol. The minimum absolute atomic E-state index is 0.0524. The Morgan fingerprint density at radius 2 is 1.42 bits per heavy atom. The summed E-state index contributed by atoms with van der Waals surface area (Å²) in [6.07, 6.45) is -1.30. The lowest BCUT2D eigenvalue weighted by Crippen LogP contribution is -2.76. The second-order valence-corrected chi connectivity index (χ2v) is 8.36. The molecule has 4 heterocycles. The van der Waals surface area contributed by atoms with Gasteiger partial charge in [-0.3, -0.25) is 9.69 Å². The van der Waals surface area contributed by atoms with Gasteiger partial charge in [0.15, 0.2) is 12.4 Å². The van der Waals surface area contributed by atoms with Crippen LogP contribution in [0, 0.1) is 0 Å². The molecule has 5 atom stereocenters. The molecule has 4 aliphatic rings. The molecule has 0 spiro atoms. The number of carbonyl (C=O) groups is 1. The molecule has 1 unspecified atom stereocenters. The molecule has 3 aromatic rings. The second-order valence-electron chi connectivity index (χ2n) is 8.36. The smallest absolute Gasteiger partial charge is 0.255 e. The van der Waals surface area contributed by atoms with Crippen LogP contribution in [0.15, 0.2) is 91.0 Å². The van der Waals surface area contributed by atoms with Crippen LogP contribution in [-0.4, -0.2) is 40.9 Å². The summed E-state index contributed by atoms with van der Waals surface area (Å²) in [5.41, 5.74) is 3.40. The number of hydrogen-bond donors (Lipinski definition) is 0. The van der Waals surface area contributed by atoms with E-state index in [2.05, 4.69) is 53.4 Å². The van der Waals surface area contributed by atoms with Gasteiger partial charge in [0.1, 0.15) is 6.17 Å². The van der Waals surface area contributed by atoms with Crippen LogP contribution in [0.2, 0.25) is 0 Å². The highest BCUT2D eigenvalue weighted by Crippen LogP contribution is 2.48. The van der Waals surface area contributed by atoms with Crippen molar-refractivity contribution in [2.24, 2.45) is 0 Å². The van der Waals surface area contributed by atoms with Crippen molar-refractivity contribution in [3.63, 3.8) is 0 Å². The van der Waals surface area contributed by atoms with Crippen molar-refractivity contribution < 1.29 is 14.3 Å². The predicted octanol–water partition coefficient (Wildman–Crippen LogP) is 3.89. The molecule has 0 N–H and O–H groups in total. The van der Waals surface area contributed by atoms with Crippen molar-refractivity contribution in [3.8, 4) is 0 Å². The Kier molecular flexibility index (Phi) is 4.60. The number of nitrogens with zero attached hydrogens (tertiary/aromatic N) is 2. The number of carbonyl (C=O) groups excluding carboxylic acids is 1. The van der Waals surface area contributed by atoms with Crippen LogP contribution < -0.4 is 0 Å². The monoisotopic (exact) mass is 412 g/mol. The lowest BCUT2D eigenvalue weighted by atomic mass is 9.88. The standard InChI is InChI=1S/C26H24N2O3/c29-25-23-22(20-14-8-3-9-15-20)27(16-18-10-4-1-5-11-18)24-26(31-23)30-17-21(28(24)25)19-12-6-2-7-13-19/h1-15,21-24,26H,16-17H2/t21-,22+,23-,24?,26+/m0/s1. The first-order valence-corrected chi connectivity index (χ1v) is 10.8. The predicted molar refractivity (Wildman–Crippen MR) is 116 cm³/mol. The summed E-state index contributed by atoms with van der Waals surface area (Å²) in [5, 5.41) is 0. The van der Waals surface area contributed by atoms with E-state index < -0.39 is 12.4 Å². The Morgan fingerprint density at radius 3 is 2.10 bits per heavy atom.